The van der Waals surface area contributed by atoms with Gasteiger partial charge in [-0.15, -0.1) is 0 Å². The molecule has 0 saturated heterocycles. The van der Waals surface area contributed by atoms with E-state index in [0.29, 0.717) is 30.0 Å². The van der Waals surface area contributed by atoms with Gasteiger partial charge in [-0.2, -0.15) is 0 Å². The van der Waals surface area contributed by atoms with Crippen LogP contribution in [0.4, 0.5) is 5.69 Å². The molecular weight excluding hydrogens is 400 g/mol. The van der Waals surface area contributed by atoms with E-state index in [-0.39, 0.29) is 17.3 Å². The zero-order chi connectivity index (χ0) is 21.4. The molecule has 3 aromatic rings. The molecule has 2 N–H and O–H groups in total. The molecule has 30 heavy (non-hydrogen) atoms. The van der Waals surface area contributed by atoms with Crippen LogP contribution < -0.4 is 14.8 Å². The van der Waals surface area contributed by atoms with E-state index < -0.39 is 10.0 Å². The number of carbonyl (C=O) groups is 1. The van der Waals surface area contributed by atoms with Gasteiger partial charge in [-0.1, -0.05) is 48.5 Å². The zero-order valence-corrected chi connectivity index (χ0v) is 17.5. The number of sulfonamides is 1. The van der Waals surface area contributed by atoms with Crippen molar-refractivity contribution in [1.82, 2.24) is 4.72 Å². The van der Waals surface area contributed by atoms with Crippen molar-refractivity contribution in [3.63, 3.8) is 0 Å². The van der Waals surface area contributed by atoms with Crippen LogP contribution in [0.3, 0.4) is 0 Å². The van der Waals surface area contributed by atoms with Crippen LogP contribution in [0.25, 0.3) is 0 Å². The molecule has 0 unspecified atom stereocenters. The van der Waals surface area contributed by atoms with Gasteiger partial charge >= 0.3 is 0 Å². The van der Waals surface area contributed by atoms with E-state index in [2.05, 4.69) is 10.0 Å². The maximum absolute atomic E-state index is 12.7. The Morgan fingerprint density at radius 2 is 1.60 bits per heavy atom. The quantitative estimate of drug-likeness (QED) is 0.546. The highest BCUT2D eigenvalue weighted by molar-refractivity contribution is 7.89. The maximum Gasteiger partial charge on any atom is 0.255 e. The second-order valence-corrected chi connectivity index (χ2v) is 8.31. The van der Waals surface area contributed by atoms with Crippen molar-refractivity contribution < 1.29 is 17.9 Å². The van der Waals surface area contributed by atoms with E-state index in [0.717, 1.165) is 5.56 Å². The fourth-order valence-corrected chi connectivity index (χ4v) is 3.95. The zero-order valence-electron chi connectivity index (χ0n) is 16.7. The Morgan fingerprint density at radius 3 is 2.27 bits per heavy atom. The van der Waals surface area contributed by atoms with Crippen molar-refractivity contribution in [2.75, 3.05) is 18.5 Å². The van der Waals surface area contributed by atoms with Crippen molar-refractivity contribution in [3.05, 3.63) is 90.0 Å². The number of anilines is 1. The Hall–Kier alpha value is -3.16. The van der Waals surface area contributed by atoms with Crippen LogP contribution in [0.1, 0.15) is 22.8 Å². The van der Waals surface area contributed by atoms with Gasteiger partial charge in [-0.05, 0) is 49.2 Å². The normalized spacial score (nSPS) is 11.1. The van der Waals surface area contributed by atoms with Crippen LogP contribution in [-0.2, 0) is 16.4 Å². The summed E-state index contributed by atoms with van der Waals surface area (Å²) < 4.78 is 33.6. The van der Waals surface area contributed by atoms with Gasteiger partial charge in [-0.3, -0.25) is 4.79 Å². The van der Waals surface area contributed by atoms with Gasteiger partial charge < -0.3 is 10.1 Å². The largest absolute Gasteiger partial charge is 0.492 e. The number of carbonyl (C=O) groups excluding carboxylic acids is 1. The van der Waals surface area contributed by atoms with Crippen molar-refractivity contribution in [1.29, 1.82) is 0 Å². The summed E-state index contributed by atoms with van der Waals surface area (Å²) in [5, 5.41) is 2.75. The van der Waals surface area contributed by atoms with E-state index >= 15 is 0 Å². The lowest BCUT2D eigenvalue weighted by atomic mass is 10.2. The van der Waals surface area contributed by atoms with Crippen LogP contribution in [0.15, 0.2) is 83.8 Å². The summed E-state index contributed by atoms with van der Waals surface area (Å²) in [6.07, 6.45) is 0.578. The second-order valence-electron chi connectivity index (χ2n) is 6.54. The van der Waals surface area contributed by atoms with Crippen LogP contribution in [0.5, 0.6) is 5.75 Å². The van der Waals surface area contributed by atoms with E-state index in [4.69, 9.17) is 4.74 Å². The molecule has 3 rings (SSSR count). The van der Waals surface area contributed by atoms with E-state index in [1.165, 1.54) is 12.1 Å². The van der Waals surface area contributed by atoms with Crippen LogP contribution in [-0.4, -0.2) is 27.5 Å². The third-order valence-corrected chi connectivity index (χ3v) is 5.85. The molecule has 3 aromatic carbocycles. The lowest BCUT2D eigenvalue weighted by molar-refractivity contribution is 0.102. The van der Waals surface area contributed by atoms with E-state index in [1.54, 1.807) is 30.3 Å². The summed E-state index contributed by atoms with van der Waals surface area (Å²) >= 11 is 0. The van der Waals surface area contributed by atoms with Gasteiger partial charge in [0.1, 0.15) is 5.75 Å². The summed E-state index contributed by atoms with van der Waals surface area (Å²) in [6.45, 7) is 2.47. The number of hydrogen-bond acceptors (Lipinski definition) is 4. The number of ether oxygens (including phenoxy) is 1. The average molecular weight is 425 g/mol. The van der Waals surface area contributed by atoms with Gasteiger partial charge in [0.2, 0.25) is 10.0 Å². The van der Waals surface area contributed by atoms with Gasteiger partial charge in [0.25, 0.3) is 5.91 Å². The molecule has 0 aromatic heterocycles. The SMILES string of the molecule is CCOc1ccc(S(=O)(=O)NCCc2ccccc2)cc1NC(=O)c1ccccc1. The number of hydrogen-bond donors (Lipinski definition) is 2. The molecule has 0 heterocycles. The van der Waals surface area contributed by atoms with Crippen molar-refractivity contribution >= 4 is 21.6 Å². The van der Waals surface area contributed by atoms with Crippen molar-refractivity contribution in [2.24, 2.45) is 0 Å². The topological polar surface area (TPSA) is 84.5 Å². The predicted molar refractivity (Wildman–Crippen MR) is 117 cm³/mol. The first-order chi connectivity index (χ1) is 14.5. The summed E-state index contributed by atoms with van der Waals surface area (Å²) in [5.41, 5.74) is 1.81. The van der Waals surface area contributed by atoms with E-state index in [1.807, 2.05) is 43.3 Å². The highest BCUT2D eigenvalue weighted by Crippen LogP contribution is 2.28. The highest BCUT2D eigenvalue weighted by Gasteiger charge is 2.18. The molecule has 0 bridgehead atoms. The molecule has 1 amide bonds. The van der Waals surface area contributed by atoms with E-state index in [9.17, 15) is 13.2 Å². The summed E-state index contributed by atoms with van der Waals surface area (Å²) in [7, 11) is -3.74. The Kier molecular flexibility index (Phi) is 7.21. The minimum absolute atomic E-state index is 0.0578. The summed E-state index contributed by atoms with van der Waals surface area (Å²) in [6, 6.07) is 22.8. The first-order valence-corrected chi connectivity index (χ1v) is 11.1. The molecule has 0 aliphatic rings. The molecule has 156 valence electrons. The summed E-state index contributed by atoms with van der Waals surface area (Å²) in [4.78, 5) is 12.6. The smallest absolute Gasteiger partial charge is 0.255 e. The van der Waals surface area contributed by atoms with Crippen molar-refractivity contribution in [2.45, 2.75) is 18.2 Å². The fraction of sp³-hybridized carbons (Fsp3) is 0.174. The molecule has 6 nitrogen and oxygen atoms in total. The molecular formula is C23H24N2O4S. The molecule has 0 fully saturated rings. The predicted octanol–water partition coefficient (Wildman–Crippen LogP) is 3.86. The minimum atomic E-state index is -3.74. The highest BCUT2D eigenvalue weighted by atomic mass is 32.2. The van der Waals surface area contributed by atoms with Crippen LogP contribution >= 0.6 is 0 Å². The Morgan fingerprint density at radius 1 is 0.933 bits per heavy atom. The monoisotopic (exact) mass is 424 g/mol. The van der Waals surface area contributed by atoms with Gasteiger partial charge in [-0.25, -0.2) is 13.1 Å². The number of rotatable bonds is 9. The lowest BCUT2D eigenvalue weighted by Crippen LogP contribution is -2.26. The fourth-order valence-electron chi connectivity index (χ4n) is 2.90. The molecule has 0 aliphatic carbocycles. The average Bonchev–Trinajstić information content (AvgIpc) is 2.76. The molecule has 7 heteroatoms. The maximum atomic E-state index is 12.7. The third-order valence-electron chi connectivity index (χ3n) is 4.39. The van der Waals surface area contributed by atoms with Crippen LogP contribution in [0.2, 0.25) is 0 Å². The Labute approximate surface area is 177 Å². The molecule has 0 saturated carbocycles. The number of benzene rings is 3. The Bertz CT molecular complexity index is 1080. The van der Waals surface area contributed by atoms with Gasteiger partial charge in [0, 0.05) is 12.1 Å². The standard InChI is InChI=1S/C23H24N2O4S/c1-2-29-22-14-13-20(17-21(22)25-23(26)19-11-7-4-8-12-19)30(27,28)24-16-15-18-9-5-3-6-10-18/h3-14,17,24H,2,15-16H2,1H3,(H,25,26). The first kappa shape index (κ1) is 21.5. The third kappa shape index (κ3) is 5.68. The molecule has 0 aliphatic heterocycles. The number of amides is 1. The van der Waals surface area contributed by atoms with Gasteiger partial charge in [0.15, 0.2) is 0 Å². The van der Waals surface area contributed by atoms with Gasteiger partial charge in [0.05, 0.1) is 17.2 Å². The van der Waals surface area contributed by atoms with Crippen LogP contribution in [0, 0.1) is 0 Å². The first-order valence-electron chi connectivity index (χ1n) is 9.66. The van der Waals surface area contributed by atoms with Crippen molar-refractivity contribution in [3.8, 4) is 5.75 Å². The minimum Gasteiger partial charge on any atom is -0.492 e. The Balaban J connectivity index is 1.77. The summed E-state index contributed by atoms with van der Waals surface area (Å²) in [5.74, 6) is 0.0631. The molecule has 0 spiro atoms. The number of nitrogens with one attached hydrogen (secondary N) is 2. The molecule has 0 radical (unpaired) electrons. The second kappa shape index (κ2) is 10.0. The molecule has 0 atom stereocenters. The lowest BCUT2D eigenvalue weighted by Gasteiger charge is -2.14.